The van der Waals surface area contributed by atoms with Gasteiger partial charge in [-0.05, 0) is 18.2 Å². The molecule has 1 N–H and O–H groups in total. The molecule has 0 fully saturated rings. The molecule has 1 aliphatic heterocycles. The largest absolute Gasteiger partial charge is 0.477 e. The molecule has 0 aromatic heterocycles. The fourth-order valence-electron chi connectivity index (χ4n) is 1.21. The number of carbonyl (C=O) groups is 1. The van der Waals surface area contributed by atoms with Crippen LogP contribution in [0.4, 0.5) is 4.39 Å². The van der Waals surface area contributed by atoms with Gasteiger partial charge in [0.2, 0.25) is 0 Å². The van der Waals surface area contributed by atoms with Crippen LogP contribution in [0.5, 0.6) is 0 Å². The fraction of sp³-hybridized carbons (Fsp3) is 0. The summed E-state index contributed by atoms with van der Waals surface area (Å²) in [6.45, 7) is 0. The highest BCUT2D eigenvalue weighted by molar-refractivity contribution is 6.43. The Kier molecular flexibility index (Phi) is 2.00. The normalized spacial score (nSPS) is 20.7. The smallest absolute Gasteiger partial charge is 0.354 e. The summed E-state index contributed by atoms with van der Waals surface area (Å²) < 4.78 is 12.8. The molecule has 2 aliphatic rings. The highest BCUT2D eigenvalue weighted by Crippen LogP contribution is 2.37. The molecule has 0 amide bonds. The molecule has 1 heterocycles. The SMILES string of the molecule is O=C(O)C1=NC2=CC(F)=C[C](Cl)C2=C1. The number of hydrogen-bond acceptors (Lipinski definition) is 2. The molecule has 0 atom stereocenters. The van der Waals surface area contributed by atoms with Crippen molar-refractivity contribution < 1.29 is 14.3 Å². The van der Waals surface area contributed by atoms with Crippen LogP contribution in [0, 0.1) is 5.38 Å². The molecule has 5 heteroatoms. The first kappa shape index (κ1) is 9.15. The third-order valence-electron chi connectivity index (χ3n) is 1.81. The molecule has 2 rings (SSSR count). The van der Waals surface area contributed by atoms with Crippen molar-refractivity contribution in [3.63, 3.8) is 0 Å². The maximum atomic E-state index is 12.8. The van der Waals surface area contributed by atoms with Gasteiger partial charge in [-0.3, -0.25) is 0 Å². The zero-order chi connectivity index (χ0) is 10.3. The Hall–Kier alpha value is -1.42. The predicted molar refractivity (Wildman–Crippen MR) is 49.5 cm³/mol. The summed E-state index contributed by atoms with van der Waals surface area (Å²) in [6, 6.07) is 0. The summed E-state index contributed by atoms with van der Waals surface area (Å²) in [7, 11) is 0. The van der Waals surface area contributed by atoms with E-state index in [1.165, 1.54) is 6.08 Å². The van der Waals surface area contributed by atoms with Crippen LogP contribution in [-0.4, -0.2) is 16.8 Å². The van der Waals surface area contributed by atoms with Gasteiger partial charge in [-0.1, -0.05) is 0 Å². The van der Waals surface area contributed by atoms with Crippen molar-refractivity contribution in [3.8, 4) is 0 Å². The quantitative estimate of drug-likeness (QED) is 0.723. The molecule has 0 aromatic rings. The van der Waals surface area contributed by atoms with E-state index in [-0.39, 0.29) is 16.8 Å². The van der Waals surface area contributed by atoms with Gasteiger partial charge < -0.3 is 5.11 Å². The van der Waals surface area contributed by atoms with E-state index >= 15 is 0 Å². The first-order chi connectivity index (χ1) is 6.58. The van der Waals surface area contributed by atoms with Crippen LogP contribution in [0.2, 0.25) is 0 Å². The summed E-state index contributed by atoms with van der Waals surface area (Å²) in [5.74, 6) is -1.68. The van der Waals surface area contributed by atoms with Gasteiger partial charge in [-0.15, -0.1) is 11.6 Å². The van der Waals surface area contributed by atoms with Crippen LogP contribution in [0.15, 0.2) is 40.3 Å². The molecule has 14 heavy (non-hydrogen) atoms. The second-order valence-electron chi connectivity index (χ2n) is 2.77. The third kappa shape index (κ3) is 1.37. The molecule has 71 valence electrons. The van der Waals surface area contributed by atoms with Crippen molar-refractivity contribution in [3.05, 3.63) is 40.7 Å². The summed E-state index contributed by atoms with van der Waals surface area (Å²) in [6.07, 6.45) is 3.59. The Morgan fingerprint density at radius 3 is 2.79 bits per heavy atom. The first-order valence-electron chi connectivity index (χ1n) is 3.73. The lowest BCUT2D eigenvalue weighted by Gasteiger charge is -2.10. The number of allylic oxidation sites excluding steroid dienone is 4. The van der Waals surface area contributed by atoms with Gasteiger partial charge in [0.1, 0.15) is 16.9 Å². The Morgan fingerprint density at radius 1 is 1.43 bits per heavy atom. The Labute approximate surface area is 83.9 Å². The number of rotatable bonds is 1. The van der Waals surface area contributed by atoms with Crippen molar-refractivity contribution in [2.75, 3.05) is 0 Å². The maximum absolute atomic E-state index is 12.8. The Bertz CT molecular complexity index is 434. The number of aliphatic carboxylic acids is 1. The van der Waals surface area contributed by atoms with Gasteiger partial charge in [0.05, 0.1) is 5.70 Å². The van der Waals surface area contributed by atoms with Crippen LogP contribution in [0.25, 0.3) is 0 Å². The molecular weight excluding hydrogens is 209 g/mol. The number of aliphatic imine (C=N–C) groups is 1. The lowest BCUT2D eigenvalue weighted by atomic mass is 10.0. The van der Waals surface area contributed by atoms with Crippen molar-refractivity contribution >= 4 is 23.3 Å². The summed E-state index contributed by atoms with van der Waals surface area (Å²) in [4.78, 5) is 14.3. The van der Waals surface area contributed by atoms with Gasteiger partial charge in [0.15, 0.2) is 0 Å². The summed E-state index contributed by atoms with van der Waals surface area (Å²) in [5.41, 5.74) is 0.574. The van der Waals surface area contributed by atoms with Crippen LogP contribution in [0.1, 0.15) is 0 Å². The minimum atomic E-state index is -1.15. The van der Waals surface area contributed by atoms with E-state index in [0.29, 0.717) is 5.57 Å². The first-order valence-corrected chi connectivity index (χ1v) is 4.11. The molecule has 0 saturated heterocycles. The topological polar surface area (TPSA) is 49.7 Å². The lowest BCUT2D eigenvalue weighted by Crippen LogP contribution is -2.07. The van der Waals surface area contributed by atoms with Crippen LogP contribution in [-0.2, 0) is 4.79 Å². The fourth-order valence-corrected chi connectivity index (χ4v) is 1.47. The van der Waals surface area contributed by atoms with Crippen molar-refractivity contribution in [2.45, 2.75) is 0 Å². The van der Waals surface area contributed by atoms with E-state index in [9.17, 15) is 9.18 Å². The van der Waals surface area contributed by atoms with Crippen LogP contribution < -0.4 is 0 Å². The standard InChI is InChI=1S/C9H4ClFNO2/c10-6-1-4(11)2-7-5(6)3-8(12-7)9(13)14/h1-3H,(H,13,14). The third-order valence-corrected chi connectivity index (χ3v) is 2.13. The summed E-state index contributed by atoms with van der Waals surface area (Å²) >= 11 is 5.71. The number of nitrogens with zero attached hydrogens (tertiary/aromatic N) is 1. The molecule has 1 radical (unpaired) electrons. The number of carboxylic acids is 1. The monoisotopic (exact) mass is 212 g/mol. The van der Waals surface area contributed by atoms with Crippen LogP contribution >= 0.6 is 11.6 Å². The molecule has 0 saturated carbocycles. The van der Waals surface area contributed by atoms with E-state index in [0.717, 1.165) is 12.2 Å². The molecular formula is C9H4ClFNO2. The van der Waals surface area contributed by atoms with Gasteiger partial charge in [0, 0.05) is 5.57 Å². The number of hydrogen-bond donors (Lipinski definition) is 1. The zero-order valence-corrected chi connectivity index (χ0v) is 7.55. The summed E-state index contributed by atoms with van der Waals surface area (Å²) in [5, 5.41) is 8.81. The molecule has 1 aliphatic carbocycles. The molecule has 0 aromatic carbocycles. The maximum Gasteiger partial charge on any atom is 0.354 e. The second-order valence-corrected chi connectivity index (χ2v) is 3.17. The van der Waals surface area contributed by atoms with Crippen LogP contribution in [0.3, 0.4) is 0 Å². The Morgan fingerprint density at radius 2 is 2.14 bits per heavy atom. The van der Waals surface area contributed by atoms with E-state index in [4.69, 9.17) is 16.7 Å². The number of halogens is 2. The van der Waals surface area contributed by atoms with E-state index in [1.807, 2.05) is 0 Å². The van der Waals surface area contributed by atoms with Crippen molar-refractivity contribution in [1.82, 2.24) is 0 Å². The average Bonchev–Trinajstić information content (AvgIpc) is 2.47. The molecule has 3 nitrogen and oxygen atoms in total. The minimum absolute atomic E-state index is 0.132. The minimum Gasteiger partial charge on any atom is -0.477 e. The van der Waals surface area contributed by atoms with Gasteiger partial charge in [-0.25, -0.2) is 14.2 Å². The number of carboxylic acid groups (broad SMARTS) is 1. The lowest BCUT2D eigenvalue weighted by molar-refractivity contribution is -0.129. The predicted octanol–water partition coefficient (Wildman–Crippen LogP) is 1.97. The second kappa shape index (κ2) is 3.06. The highest BCUT2D eigenvalue weighted by atomic mass is 35.5. The van der Waals surface area contributed by atoms with E-state index in [2.05, 4.69) is 4.99 Å². The van der Waals surface area contributed by atoms with Gasteiger partial charge >= 0.3 is 5.97 Å². The van der Waals surface area contributed by atoms with Crippen molar-refractivity contribution in [2.24, 2.45) is 4.99 Å². The van der Waals surface area contributed by atoms with E-state index in [1.54, 1.807) is 0 Å². The van der Waals surface area contributed by atoms with E-state index < -0.39 is 11.8 Å². The average molecular weight is 213 g/mol. The molecule has 0 spiro atoms. The highest BCUT2D eigenvalue weighted by Gasteiger charge is 2.27. The van der Waals surface area contributed by atoms with Gasteiger partial charge in [0.25, 0.3) is 0 Å². The van der Waals surface area contributed by atoms with Gasteiger partial charge in [-0.2, -0.15) is 0 Å². The zero-order valence-electron chi connectivity index (χ0n) is 6.79. The molecule has 0 bridgehead atoms. The Balaban J connectivity index is 2.43. The molecule has 0 unspecified atom stereocenters. The van der Waals surface area contributed by atoms with Crippen molar-refractivity contribution in [1.29, 1.82) is 0 Å². The number of fused-ring (bicyclic) bond motifs is 1.